The first kappa shape index (κ1) is 16.3. The Bertz CT molecular complexity index is 891. The smallest absolute Gasteiger partial charge is 0.189 e. The minimum Gasteiger partial charge on any atom is -0.343 e. The summed E-state index contributed by atoms with van der Waals surface area (Å²) in [6, 6.07) is 18.3. The predicted octanol–water partition coefficient (Wildman–Crippen LogP) is 4.89. The number of hydrogen-bond acceptors (Lipinski definition) is 1. The van der Waals surface area contributed by atoms with Crippen molar-refractivity contribution >= 4 is 10.9 Å². The number of fused-ring (bicyclic) bond motifs is 1. The Kier molecular flexibility index (Phi) is 5.27. The average molecular weight is 317 g/mol. The quantitative estimate of drug-likeness (QED) is 0.469. The van der Waals surface area contributed by atoms with Gasteiger partial charge in [-0.15, -0.1) is 0 Å². The third-order valence-electron chi connectivity index (χ3n) is 4.28. The van der Waals surface area contributed by atoms with Gasteiger partial charge in [0.15, 0.2) is 5.43 Å². The summed E-state index contributed by atoms with van der Waals surface area (Å²) < 4.78 is 2.13. The Morgan fingerprint density at radius 3 is 2.67 bits per heavy atom. The van der Waals surface area contributed by atoms with Crippen molar-refractivity contribution in [3.05, 3.63) is 94.3 Å². The van der Waals surface area contributed by atoms with Crippen LogP contribution in [0.5, 0.6) is 0 Å². The lowest BCUT2D eigenvalue weighted by Gasteiger charge is -2.08. The number of rotatable bonds is 6. The van der Waals surface area contributed by atoms with Gasteiger partial charge in [0, 0.05) is 24.2 Å². The summed E-state index contributed by atoms with van der Waals surface area (Å²) in [4.78, 5) is 12.0. The fraction of sp³-hybridized carbons (Fsp3) is 0.227. The van der Waals surface area contributed by atoms with Crippen molar-refractivity contribution in [1.82, 2.24) is 4.57 Å². The van der Waals surface area contributed by atoms with Gasteiger partial charge in [-0.05, 0) is 43.9 Å². The monoisotopic (exact) mass is 317 g/mol. The molecule has 0 bridgehead atoms. The van der Waals surface area contributed by atoms with Gasteiger partial charge in [0.2, 0.25) is 0 Å². The van der Waals surface area contributed by atoms with E-state index in [9.17, 15) is 4.79 Å². The first-order chi connectivity index (χ1) is 11.7. The number of unbranched alkanes of at least 4 members (excludes halogenated alkanes) is 1. The molecule has 0 fully saturated rings. The zero-order valence-corrected chi connectivity index (χ0v) is 14.1. The van der Waals surface area contributed by atoms with Crippen molar-refractivity contribution in [1.29, 1.82) is 0 Å². The van der Waals surface area contributed by atoms with E-state index in [1.54, 1.807) is 6.07 Å². The zero-order valence-electron chi connectivity index (χ0n) is 14.1. The summed E-state index contributed by atoms with van der Waals surface area (Å²) >= 11 is 0. The number of benzene rings is 2. The van der Waals surface area contributed by atoms with E-state index in [0.717, 1.165) is 42.3 Å². The average Bonchev–Trinajstić information content (AvgIpc) is 2.61. The lowest BCUT2D eigenvalue weighted by molar-refractivity contribution is 0.818. The van der Waals surface area contributed by atoms with E-state index in [2.05, 4.69) is 53.1 Å². The number of aryl methyl sites for hydroxylation is 2. The summed E-state index contributed by atoms with van der Waals surface area (Å²) in [5.74, 6) is 0. The first-order valence-electron chi connectivity index (χ1n) is 8.53. The number of nitrogens with zero attached hydrogens (tertiary/aromatic N) is 1. The summed E-state index contributed by atoms with van der Waals surface area (Å²) in [5, 5.41) is 0.801. The number of hydrogen-bond donors (Lipinski definition) is 0. The fourth-order valence-corrected chi connectivity index (χ4v) is 2.96. The van der Waals surface area contributed by atoms with Crippen molar-refractivity contribution in [3.63, 3.8) is 0 Å². The summed E-state index contributed by atoms with van der Waals surface area (Å²) in [6.45, 7) is 2.81. The molecule has 0 spiro atoms. The largest absolute Gasteiger partial charge is 0.343 e. The van der Waals surface area contributed by atoms with Gasteiger partial charge in [-0.3, -0.25) is 4.79 Å². The fourth-order valence-electron chi connectivity index (χ4n) is 2.96. The molecule has 0 unspecified atom stereocenters. The zero-order chi connectivity index (χ0) is 16.8. The molecule has 0 N–H and O–H groups in total. The minimum absolute atomic E-state index is 0.0943. The molecule has 0 aliphatic carbocycles. The number of allylic oxidation sites excluding steroid dienone is 2. The molecular weight excluding hydrogens is 294 g/mol. The van der Waals surface area contributed by atoms with E-state index in [4.69, 9.17) is 0 Å². The van der Waals surface area contributed by atoms with Crippen LogP contribution in [0.2, 0.25) is 0 Å². The molecule has 2 heteroatoms. The molecule has 0 saturated carbocycles. The molecule has 3 aromatic rings. The molecule has 2 nitrogen and oxygen atoms in total. The number of pyridine rings is 1. The van der Waals surface area contributed by atoms with Crippen LogP contribution in [0.3, 0.4) is 0 Å². The van der Waals surface area contributed by atoms with Crippen LogP contribution in [0.1, 0.15) is 24.0 Å². The van der Waals surface area contributed by atoms with E-state index in [1.165, 1.54) is 5.56 Å². The molecule has 24 heavy (non-hydrogen) atoms. The van der Waals surface area contributed by atoms with Gasteiger partial charge in [0.1, 0.15) is 0 Å². The summed E-state index contributed by atoms with van der Waals surface area (Å²) in [7, 11) is 0. The standard InChI is InChI=1S/C22H23NO/c1-18-12-13-21-20(17-18)22(24)14-16-23(21)15-8-3-2-5-9-19-10-6-4-7-11-19/h3-4,6-8,10-14,16-17H,2,5,9,15H2,1H3/b8-3+. The van der Waals surface area contributed by atoms with Crippen LogP contribution in [0.4, 0.5) is 0 Å². The second-order valence-corrected chi connectivity index (χ2v) is 6.20. The van der Waals surface area contributed by atoms with Gasteiger partial charge in [0.25, 0.3) is 0 Å². The van der Waals surface area contributed by atoms with E-state index in [0.29, 0.717) is 0 Å². The van der Waals surface area contributed by atoms with Crippen molar-refractivity contribution in [2.24, 2.45) is 0 Å². The molecule has 1 aromatic heterocycles. The second kappa shape index (κ2) is 7.78. The summed E-state index contributed by atoms with van der Waals surface area (Å²) in [5.41, 5.74) is 3.61. The lowest BCUT2D eigenvalue weighted by Crippen LogP contribution is -2.07. The molecule has 0 aliphatic rings. The summed E-state index contributed by atoms with van der Waals surface area (Å²) in [6.07, 6.45) is 9.66. The highest BCUT2D eigenvalue weighted by Crippen LogP contribution is 2.12. The van der Waals surface area contributed by atoms with Crippen LogP contribution in [-0.4, -0.2) is 4.57 Å². The van der Waals surface area contributed by atoms with Crippen LogP contribution in [0.15, 0.2) is 77.7 Å². The van der Waals surface area contributed by atoms with Crippen molar-refractivity contribution in [2.75, 3.05) is 0 Å². The molecule has 3 rings (SSSR count). The van der Waals surface area contributed by atoms with Gasteiger partial charge in [-0.2, -0.15) is 0 Å². The molecule has 0 aliphatic heterocycles. The Morgan fingerprint density at radius 2 is 1.83 bits per heavy atom. The Morgan fingerprint density at radius 1 is 1.00 bits per heavy atom. The molecule has 0 atom stereocenters. The molecule has 122 valence electrons. The van der Waals surface area contributed by atoms with Gasteiger partial charge >= 0.3 is 0 Å². The minimum atomic E-state index is 0.0943. The maximum Gasteiger partial charge on any atom is 0.189 e. The van der Waals surface area contributed by atoms with Crippen molar-refractivity contribution in [2.45, 2.75) is 32.7 Å². The van der Waals surface area contributed by atoms with Crippen molar-refractivity contribution < 1.29 is 0 Å². The van der Waals surface area contributed by atoms with Gasteiger partial charge < -0.3 is 4.57 Å². The number of aromatic nitrogens is 1. The topological polar surface area (TPSA) is 22.0 Å². The van der Waals surface area contributed by atoms with Crippen LogP contribution in [0.25, 0.3) is 10.9 Å². The third-order valence-corrected chi connectivity index (χ3v) is 4.28. The van der Waals surface area contributed by atoms with E-state index < -0.39 is 0 Å². The van der Waals surface area contributed by atoms with E-state index in [1.807, 2.05) is 25.3 Å². The molecule has 1 heterocycles. The maximum absolute atomic E-state index is 12.0. The lowest BCUT2D eigenvalue weighted by atomic mass is 10.1. The maximum atomic E-state index is 12.0. The van der Waals surface area contributed by atoms with Crippen LogP contribution in [0, 0.1) is 6.92 Å². The SMILES string of the molecule is Cc1ccc2c(c1)c(=O)ccn2C/C=C/CCCc1ccccc1. The molecule has 0 saturated heterocycles. The highest BCUT2D eigenvalue weighted by Gasteiger charge is 2.01. The highest BCUT2D eigenvalue weighted by atomic mass is 16.1. The van der Waals surface area contributed by atoms with Crippen LogP contribution < -0.4 is 5.43 Å². The van der Waals surface area contributed by atoms with Crippen molar-refractivity contribution in [3.8, 4) is 0 Å². The van der Waals surface area contributed by atoms with Crippen LogP contribution in [-0.2, 0) is 13.0 Å². The van der Waals surface area contributed by atoms with Gasteiger partial charge in [-0.1, -0.05) is 54.1 Å². The third kappa shape index (κ3) is 4.02. The predicted molar refractivity (Wildman–Crippen MR) is 101 cm³/mol. The Hall–Kier alpha value is -2.61. The van der Waals surface area contributed by atoms with Gasteiger partial charge in [0.05, 0.1) is 5.52 Å². The molecular formula is C22H23NO. The first-order valence-corrected chi connectivity index (χ1v) is 8.53. The van der Waals surface area contributed by atoms with E-state index >= 15 is 0 Å². The van der Waals surface area contributed by atoms with Gasteiger partial charge in [-0.25, -0.2) is 0 Å². The Labute approximate surface area is 143 Å². The van der Waals surface area contributed by atoms with Crippen LogP contribution >= 0.6 is 0 Å². The Balaban J connectivity index is 1.59. The molecule has 0 amide bonds. The van der Waals surface area contributed by atoms with E-state index in [-0.39, 0.29) is 5.43 Å². The molecule has 0 radical (unpaired) electrons. The molecule has 2 aromatic carbocycles. The highest BCUT2D eigenvalue weighted by molar-refractivity contribution is 5.79. The second-order valence-electron chi connectivity index (χ2n) is 6.20. The normalized spacial score (nSPS) is 11.4.